The number of nitrogens with one attached hydrogen (secondary N) is 1. The Morgan fingerprint density at radius 2 is 1.59 bits per heavy atom. The summed E-state index contributed by atoms with van der Waals surface area (Å²) in [5.41, 5.74) is 3.89. The van der Waals surface area contributed by atoms with Crippen LogP contribution in [0, 0.1) is 6.92 Å². The first-order chi connectivity index (χ1) is 16.4. The van der Waals surface area contributed by atoms with Crippen molar-refractivity contribution in [2.24, 2.45) is 0 Å². The number of amides is 2. The van der Waals surface area contributed by atoms with Gasteiger partial charge < -0.3 is 10.2 Å². The Balaban J connectivity index is 1.83. The van der Waals surface area contributed by atoms with Crippen LogP contribution in [-0.2, 0) is 28.3 Å². The number of hydrogen-bond acceptors (Lipinski definition) is 3. The third-order valence-corrected chi connectivity index (χ3v) is 7.14. The number of benzene rings is 3. The van der Waals surface area contributed by atoms with Crippen molar-refractivity contribution in [3.8, 4) is 0 Å². The molecule has 3 rings (SSSR count). The quantitative estimate of drug-likeness (QED) is 0.365. The van der Waals surface area contributed by atoms with Gasteiger partial charge in [0.05, 0.1) is 5.75 Å². The fourth-order valence-electron chi connectivity index (χ4n) is 3.72. The van der Waals surface area contributed by atoms with Crippen molar-refractivity contribution in [2.45, 2.75) is 31.7 Å². The van der Waals surface area contributed by atoms with Crippen molar-refractivity contribution in [3.05, 3.63) is 105 Å². The molecule has 0 aromatic heterocycles. The summed E-state index contributed by atoms with van der Waals surface area (Å²) in [7, 11) is 1.60. The summed E-state index contributed by atoms with van der Waals surface area (Å²) in [6.07, 6.45) is 0.430. The molecule has 0 spiro atoms. The first kappa shape index (κ1) is 26.1. The van der Waals surface area contributed by atoms with Crippen LogP contribution in [-0.4, -0.2) is 35.6 Å². The Labute approximate surface area is 215 Å². The van der Waals surface area contributed by atoms with Gasteiger partial charge in [-0.3, -0.25) is 9.59 Å². The zero-order valence-electron chi connectivity index (χ0n) is 19.3. The SMILES string of the molecule is CNC(=O)C(Cc1ccccc1)N(Cc1cccc(C)c1)C(=O)CSCc1c(Cl)cccc1Cl. The summed E-state index contributed by atoms with van der Waals surface area (Å²) in [6.45, 7) is 2.36. The molecule has 0 bridgehead atoms. The van der Waals surface area contributed by atoms with Crippen molar-refractivity contribution in [1.82, 2.24) is 10.2 Å². The number of carbonyl (C=O) groups is 2. The van der Waals surface area contributed by atoms with Crippen molar-refractivity contribution < 1.29 is 9.59 Å². The molecule has 1 unspecified atom stereocenters. The average Bonchev–Trinajstić information content (AvgIpc) is 2.83. The predicted octanol–water partition coefficient (Wildman–Crippen LogP) is 5.92. The highest BCUT2D eigenvalue weighted by atomic mass is 35.5. The van der Waals surface area contributed by atoms with E-state index in [0.29, 0.717) is 28.8 Å². The van der Waals surface area contributed by atoms with Crippen LogP contribution in [0.1, 0.15) is 22.3 Å². The number of hydrogen-bond donors (Lipinski definition) is 1. The number of halogens is 2. The fraction of sp³-hybridized carbons (Fsp3) is 0.259. The van der Waals surface area contributed by atoms with Gasteiger partial charge in [0.15, 0.2) is 0 Å². The lowest BCUT2D eigenvalue weighted by atomic mass is 10.0. The van der Waals surface area contributed by atoms with E-state index < -0.39 is 6.04 Å². The molecule has 3 aromatic rings. The molecule has 4 nitrogen and oxygen atoms in total. The van der Waals surface area contributed by atoms with Crippen molar-refractivity contribution in [1.29, 1.82) is 0 Å². The number of rotatable bonds is 10. The van der Waals surface area contributed by atoms with Gasteiger partial charge in [0.1, 0.15) is 6.04 Å². The molecule has 1 N–H and O–H groups in total. The van der Waals surface area contributed by atoms with Gasteiger partial charge in [-0.15, -0.1) is 11.8 Å². The van der Waals surface area contributed by atoms with Gasteiger partial charge in [-0.1, -0.05) is 89.4 Å². The van der Waals surface area contributed by atoms with Crippen LogP contribution in [0.25, 0.3) is 0 Å². The van der Waals surface area contributed by atoms with E-state index in [1.165, 1.54) is 11.8 Å². The van der Waals surface area contributed by atoms with Crippen LogP contribution < -0.4 is 5.32 Å². The van der Waals surface area contributed by atoms with E-state index >= 15 is 0 Å². The average molecular weight is 516 g/mol. The van der Waals surface area contributed by atoms with Crippen LogP contribution in [0.2, 0.25) is 10.0 Å². The van der Waals surface area contributed by atoms with Gasteiger partial charge >= 0.3 is 0 Å². The number of thioether (sulfide) groups is 1. The van der Waals surface area contributed by atoms with Gasteiger partial charge in [0.2, 0.25) is 11.8 Å². The zero-order valence-corrected chi connectivity index (χ0v) is 21.6. The molecule has 0 aliphatic heterocycles. The molecule has 2 amide bonds. The Morgan fingerprint density at radius 3 is 2.24 bits per heavy atom. The number of aryl methyl sites for hydroxylation is 1. The molecule has 1 atom stereocenters. The van der Waals surface area contributed by atoms with Gasteiger partial charge in [-0.2, -0.15) is 0 Å². The molecule has 178 valence electrons. The highest BCUT2D eigenvalue weighted by Gasteiger charge is 2.29. The summed E-state index contributed by atoms with van der Waals surface area (Å²) in [6, 6.07) is 22.5. The Kier molecular flexibility index (Phi) is 9.87. The Hall–Kier alpha value is -2.47. The molecule has 0 saturated carbocycles. The molecule has 0 saturated heterocycles. The smallest absolute Gasteiger partial charge is 0.242 e. The second-order valence-electron chi connectivity index (χ2n) is 8.02. The molecule has 34 heavy (non-hydrogen) atoms. The number of likely N-dealkylation sites (N-methyl/N-ethyl adjacent to an activating group) is 1. The molecule has 3 aromatic carbocycles. The lowest BCUT2D eigenvalue weighted by molar-refractivity contribution is -0.139. The van der Waals surface area contributed by atoms with E-state index in [2.05, 4.69) is 5.32 Å². The number of nitrogens with zero attached hydrogens (tertiary/aromatic N) is 1. The van der Waals surface area contributed by atoms with Gasteiger partial charge in [-0.25, -0.2) is 0 Å². The maximum Gasteiger partial charge on any atom is 0.242 e. The van der Waals surface area contributed by atoms with Crippen molar-refractivity contribution in [2.75, 3.05) is 12.8 Å². The lowest BCUT2D eigenvalue weighted by Gasteiger charge is -2.31. The molecule has 0 fully saturated rings. The van der Waals surface area contributed by atoms with Gasteiger partial charge in [0.25, 0.3) is 0 Å². The molecule has 0 aliphatic carbocycles. The minimum absolute atomic E-state index is 0.112. The van der Waals surface area contributed by atoms with Crippen LogP contribution in [0.4, 0.5) is 0 Å². The summed E-state index contributed by atoms with van der Waals surface area (Å²) in [5.74, 6) is 0.407. The Morgan fingerprint density at radius 1 is 0.941 bits per heavy atom. The second kappa shape index (κ2) is 12.8. The van der Waals surface area contributed by atoms with Gasteiger partial charge in [0, 0.05) is 35.8 Å². The highest BCUT2D eigenvalue weighted by molar-refractivity contribution is 7.99. The Bertz CT molecular complexity index is 1100. The molecular weight excluding hydrogens is 487 g/mol. The third-order valence-electron chi connectivity index (χ3n) is 5.49. The summed E-state index contributed by atoms with van der Waals surface area (Å²) < 4.78 is 0. The van der Waals surface area contributed by atoms with Gasteiger partial charge in [-0.05, 0) is 35.7 Å². The van der Waals surface area contributed by atoms with E-state index in [1.807, 2.05) is 61.5 Å². The molecular formula is C27H28Cl2N2O2S. The monoisotopic (exact) mass is 514 g/mol. The lowest BCUT2D eigenvalue weighted by Crippen LogP contribution is -2.50. The minimum Gasteiger partial charge on any atom is -0.357 e. The molecule has 0 heterocycles. The first-order valence-corrected chi connectivity index (χ1v) is 12.9. The predicted molar refractivity (Wildman–Crippen MR) is 142 cm³/mol. The summed E-state index contributed by atoms with van der Waals surface area (Å²) in [4.78, 5) is 28.1. The van der Waals surface area contributed by atoms with E-state index in [-0.39, 0.29) is 17.6 Å². The van der Waals surface area contributed by atoms with E-state index in [0.717, 1.165) is 22.3 Å². The molecule has 0 radical (unpaired) electrons. The third kappa shape index (κ3) is 7.26. The standard InChI is InChI=1S/C27H28Cl2N2O2S/c1-19-8-6-11-21(14-19)16-31(25(27(33)30-2)15-20-9-4-3-5-10-20)26(32)18-34-17-22-23(28)12-7-13-24(22)29/h3-14,25H,15-18H2,1-2H3,(H,30,33). The van der Waals surface area contributed by atoms with Crippen LogP contribution in [0.3, 0.4) is 0 Å². The largest absolute Gasteiger partial charge is 0.357 e. The summed E-state index contributed by atoms with van der Waals surface area (Å²) >= 11 is 14.0. The van der Waals surface area contributed by atoms with Crippen LogP contribution >= 0.6 is 35.0 Å². The first-order valence-electron chi connectivity index (χ1n) is 11.0. The maximum atomic E-state index is 13.5. The van der Waals surface area contributed by atoms with E-state index in [1.54, 1.807) is 30.1 Å². The van der Waals surface area contributed by atoms with Crippen LogP contribution in [0.15, 0.2) is 72.8 Å². The number of carbonyl (C=O) groups excluding carboxylic acids is 2. The highest BCUT2D eigenvalue weighted by Crippen LogP contribution is 2.28. The maximum absolute atomic E-state index is 13.5. The minimum atomic E-state index is -0.634. The topological polar surface area (TPSA) is 49.4 Å². The summed E-state index contributed by atoms with van der Waals surface area (Å²) in [5, 5.41) is 3.90. The zero-order chi connectivity index (χ0) is 24.5. The molecule has 7 heteroatoms. The van der Waals surface area contributed by atoms with E-state index in [4.69, 9.17) is 23.2 Å². The second-order valence-corrected chi connectivity index (χ2v) is 9.82. The molecule has 0 aliphatic rings. The van der Waals surface area contributed by atoms with Crippen LogP contribution in [0.5, 0.6) is 0 Å². The fourth-order valence-corrected chi connectivity index (χ4v) is 5.37. The van der Waals surface area contributed by atoms with E-state index in [9.17, 15) is 9.59 Å². The van der Waals surface area contributed by atoms with Crippen molar-refractivity contribution in [3.63, 3.8) is 0 Å². The normalized spacial score (nSPS) is 11.6. The van der Waals surface area contributed by atoms with Crippen molar-refractivity contribution >= 4 is 46.8 Å².